The van der Waals surface area contributed by atoms with Gasteiger partial charge in [0.25, 0.3) is 0 Å². The molecule has 0 radical (unpaired) electrons. The molecule has 0 aliphatic heterocycles. The number of nitrogens with one attached hydrogen (secondary N) is 1. The van der Waals surface area contributed by atoms with Crippen LogP contribution < -0.4 is 10.1 Å². The first-order chi connectivity index (χ1) is 11.1. The van der Waals surface area contributed by atoms with Crippen molar-refractivity contribution in [2.75, 3.05) is 19.5 Å². The predicted octanol–water partition coefficient (Wildman–Crippen LogP) is 4.14. The van der Waals surface area contributed by atoms with Crippen molar-refractivity contribution in [3.05, 3.63) is 65.7 Å². The van der Waals surface area contributed by atoms with Crippen LogP contribution in [-0.4, -0.2) is 20.4 Å². The number of carbonyl (C=O) groups excluding carboxylic acids is 1. The Kier molecular flexibility index (Phi) is 7.09. The Balaban J connectivity index is 0.000000231. The Morgan fingerprint density at radius 1 is 1.30 bits per heavy atom. The number of rotatable bonds is 4. The van der Waals surface area contributed by atoms with Gasteiger partial charge in [-0.3, -0.25) is 4.79 Å². The van der Waals surface area contributed by atoms with Crippen molar-refractivity contribution in [1.82, 2.24) is 0 Å². The number of nitrogens with zero attached hydrogens (tertiary/aromatic N) is 1. The third kappa shape index (κ3) is 5.01. The minimum atomic E-state index is 0.546. The van der Waals surface area contributed by atoms with Crippen LogP contribution in [0.15, 0.2) is 49.0 Å². The van der Waals surface area contributed by atoms with Crippen LogP contribution in [0.1, 0.15) is 28.4 Å². The molecule has 0 saturated carbocycles. The normalized spacial score (nSPS) is 8.96. The Hall–Kier alpha value is -3.06. The lowest BCUT2D eigenvalue weighted by Gasteiger charge is -2.04. The van der Waals surface area contributed by atoms with Crippen molar-refractivity contribution in [3.63, 3.8) is 0 Å². The summed E-state index contributed by atoms with van der Waals surface area (Å²) >= 11 is 0. The summed E-state index contributed by atoms with van der Waals surface area (Å²) in [5.74, 6) is 0.608. The lowest BCUT2D eigenvalue weighted by Crippen LogP contribution is -1.91. The number of benzene rings is 2. The van der Waals surface area contributed by atoms with E-state index in [4.69, 9.17) is 10.00 Å². The largest absolute Gasteiger partial charge is 0.495 e. The zero-order valence-electron chi connectivity index (χ0n) is 13.6. The molecular weight excluding hydrogens is 288 g/mol. The third-order valence-electron chi connectivity index (χ3n) is 3.16. The fraction of sp³-hybridized carbons (Fsp3) is 0.158. The van der Waals surface area contributed by atoms with Crippen LogP contribution in [0.3, 0.4) is 0 Å². The van der Waals surface area contributed by atoms with Gasteiger partial charge in [0.1, 0.15) is 11.8 Å². The minimum absolute atomic E-state index is 0.546. The summed E-state index contributed by atoms with van der Waals surface area (Å²) in [5.41, 5.74) is 4.02. The average molecular weight is 308 g/mol. The molecule has 0 amide bonds. The Morgan fingerprint density at radius 2 is 2.00 bits per heavy atom. The summed E-state index contributed by atoms with van der Waals surface area (Å²) in [6, 6.07) is 14.9. The van der Waals surface area contributed by atoms with Gasteiger partial charge in [-0.25, -0.2) is 0 Å². The Morgan fingerprint density at radius 3 is 2.48 bits per heavy atom. The van der Waals surface area contributed by atoms with Crippen molar-refractivity contribution in [2.45, 2.75) is 6.92 Å². The first-order valence-electron chi connectivity index (χ1n) is 7.03. The Bertz CT molecular complexity index is 730. The molecule has 0 fully saturated rings. The van der Waals surface area contributed by atoms with E-state index >= 15 is 0 Å². The number of nitriles is 1. The van der Waals surface area contributed by atoms with Crippen molar-refractivity contribution in [1.29, 1.82) is 5.26 Å². The van der Waals surface area contributed by atoms with Gasteiger partial charge < -0.3 is 10.1 Å². The average Bonchev–Trinajstić information content (AvgIpc) is 2.61. The van der Waals surface area contributed by atoms with Crippen LogP contribution in [0, 0.1) is 11.3 Å². The van der Waals surface area contributed by atoms with Crippen molar-refractivity contribution in [3.8, 4) is 11.8 Å². The maximum atomic E-state index is 10.5. The second kappa shape index (κ2) is 9.06. The highest BCUT2D eigenvalue weighted by molar-refractivity contribution is 5.84. The van der Waals surface area contributed by atoms with Crippen LogP contribution in [-0.2, 0) is 0 Å². The van der Waals surface area contributed by atoms with E-state index in [1.807, 2.05) is 38.2 Å². The van der Waals surface area contributed by atoms with Crippen LogP contribution >= 0.6 is 0 Å². The number of aldehydes is 1. The Labute approximate surface area is 137 Å². The monoisotopic (exact) mass is 308 g/mol. The highest BCUT2D eigenvalue weighted by atomic mass is 16.5. The molecule has 0 atom stereocenters. The van der Waals surface area contributed by atoms with E-state index in [9.17, 15) is 4.79 Å². The van der Waals surface area contributed by atoms with Gasteiger partial charge in [0.05, 0.1) is 12.7 Å². The van der Waals surface area contributed by atoms with E-state index in [-0.39, 0.29) is 0 Å². The molecule has 0 unspecified atom stereocenters. The van der Waals surface area contributed by atoms with Gasteiger partial charge in [0.15, 0.2) is 6.29 Å². The third-order valence-corrected chi connectivity index (χ3v) is 3.16. The van der Waals surface area contributed by atoms with Gasteiger partial charge in [0.2, 0.25) is 0 Å². The number of allylic oxidation sites excluding steroid dienone is 1. The summed E-state index contributed by atoms with van der Waals surface area (Å²) in [6.07, 6.45) is 0.851. The summed E-state index contributed by atoms with van der Waals surface area (Å²) in [7, 11) is 3.36. The van der Waals surface area contributed by atoms with Gasteiger partial charge in [-0.15, -0.1) is 0 Å². The SMILES string of the molecule is C=C(C)c1ccccc1C=O.CNc1ccc(OC)c(C#N)c1. The van der Waals surface area contributed by atoms with Crippen LogP contribution in [0.2, 0.25) is 0 Å². The zero-order chi connectivity index (χ0) is 17.2. The number of anilines is 1. The number of methoxy groups -OCH3 is 1. The summed E-state index contributed by atoms with van der Waals surface area (Å²) < 4.78 is 4.99. The van der Waals surface area contributed by atoms with E-state index < -0.39 is 0 Å². The summed E-state index contributed by atoms with van der Waals surface area (Å²) in [6.45, 7) is 5.67. The quantitative estimate of drug-likeness (QED) is 0.862. The molecule has 0 aliphatic rings. The van der Waals surface area contributed by atoms with Crippen LogP contribution in [0.4, 0.5) is 5.69 Å². The van der Waals surface area contributed by atoms with Gasteiger partial charge in [-0.2, -0.15) is 5.26 Å². The molecule has 118 valence electrons. The molecule has 2 rings (SSSR count). The second-order valence-corrected chi connectivity index (χ2v) is 4.76. The first kappa shape index (κ1) is 18.0. The fourth-order valence-electron chi connectivity index (χ4n) is 1.94. The summed E-state index contributed by atoms with van der Waals surface area (Å²) in [5, 5.41) is 11.7. The number of ether oxygens (including phenoxy) is 1. The zero-order valence-corrected chi connectivity index (χ0v) is 13.6. The van der Waals surface area contributed by atoms with E-state index in [2.05, 4.69) is 18.0 Å². The van der Waals surface area contributed by atoms with Gasteiger partial charge in [0, 0.05) is 18.3 Å². The molecule has 1 N–H and O–H groups in total. The molecule has 0 bridgehead atoms. The van der Waals surface area contributed by atoms with Gasteiger partial charge in [-0.1, -0.05) is 36.4 Å². The molecule has 0 aliphatic carbocycles. The molecule has 4 heteroatoms. The highest BCUT2D eigenvalue weighted by Crippen LogP contribution is 2.20. The number of carbonyl (C=O) groups is 1. The molecule has 0 spiro atoms. The van der Waals surface area contributed by atoms with Crippen LogP contribution in [0.25, 0.3) is 5.57 Å². The smallest absolute Gasteiger partial charge is 0.150 e. The maximum Gasteiger partial charge on any atom is 0.150 e. The molecule has 0 aromatic heterocycles. The standard InChI is InChI=1S/C10H10O.C9H10N2O/c1-8(2)10-6-4-3-5-9(10)7-11;1-11-8-3-4-9(12-2)7(5-8)6-10/h3-7H,1H2,2H3;3-5,11H,1-2H3. The molecule has 2 aromatic carbocycles. The van der Waals surface area contributed by atoms with Crippen molar-refractivity contribution >= 4 is 17.5 Å². The molecule has 0 heterocycles. The molecule has 23 heavy (non-hydrogen) atoms. The molecular formula is C19H20N2O2. The van der Waals surface area contributed by atoms with E-state index in [1.54, 1.807) is 25.3 Å². The lowest BCUT2D eigenvalue weighted by molar-refractivity contribution is 0.112. The minimum Gasteiger partial charge on any atom is -0.495 e. The van der Waals surface area contributed by atoms with Crippen molar-refractivity contribution < 1.29 is 9.53 Å². The number of hydrogen-bond acceptors (Lipinski definition) is 4. The van der Waals surface area contributed by atoms with Crippen LogP contribution in [0.5, 0.6) is 5.75 Å². The topological polar surface area (TPSA) is 62.1 Å². The molecule has 4 nitrogen and oxygen atoms in total. The predicted molar refractivity (Wildman–Crippen MR) is 93.8 cm³/mol. The highest BCUT2D eigenvalue weighted by Gasteiger charge is 2.01. The number of hydrogen-bond donors (Lipinski definition) is 1. The molecule has 2 aromatic rings. The fourth-order valence-corrected chi connectivity index (χ4v) is 1.94. The summed E-state index contributed by atoms with van der Waals surface area (Å²) in [4.78, 5) is 10.5. The van der Waals surface area contributed by atoms with E-state index in [0.29, 0.717) is 16.9 Å². The van der Waals surface area contributed by atoms with E-state index in [1.165, 1.54) is 0 Å². The lowest BCUT2D eigenvalue weighted by atomic mass is 10.0. The van der Waals surface area contributed by atoms with Crippen molar-refractivity contribution in [2.24, 2.45) is 0 Å². The first-order valence-corrected chi connectivity index (χ1v) is 7.03. The maximum absolute atomic E-state index is 10.5. The second-order valence-electron chi connectivity index (χ2n) is 4.76. The van der Waals surface area contributed by atoms with Gasteiger partial charge in [-0.05, 0) is 30.7 Å². The van der Waals surface area contributed by atoms with Gasteiger partial charge >= 0.3 is 0 Å². The van der Waals surface area contributed by atoms with E-state index in [0.717, 1.165) is 23.1 Å². The molecule has 0 saturated heterocycles.